The largest absolute Gasteiger partial charge is 0.478 e. The summed E-state index contributed by atoms with van der Waals surface area (Å²) in [6.07, 6.45) is 2.18. The van der Waals surface area contributed by atoms with Gasteiger partial charge in [0.25, 0.3) is 0 Å². The fourth-order valence-electron chi connectivity index (χ4n) is 1.55. The van der Waals surface area contributed by atoms with Crippen LogP contribution in [0.2, 0.25) is 0 Å². The molecule has 0 bridgehead atoms. The summed E-state index contributed by atoms with van der Waals surface area (Å²) in [6.45, 7) is 11.0. The molecule has 0 radical (unpaired) electrons. The quantitative estimate of drug-likeness (QED) is 0.798. The predicted octanol–water partition coefficient (Wildman–Crippen LogP) is 3.66. The van der Waals surface area contributed by atoms with Crippen molar-refractivity contribution in [2.75, 3.05) is 12.3 Å². The maximum atomic E-state index is 5.85. The van der Waals surface area contributed by atoms with E-state index < -0.39 is 0 Å². The molecule has 0 atom stereocenters. The van der Waals surface area contributed by atoms with E-state index in [1.807, 2.05) is 20.8 Å². The van der Waals surface area contributed by atoms with E-state index in [1.165, 1.54) is 0 Å². The number of nitrogens with two attached hydrogens (primary N) is 1. The van der Waals surface area contributed by atoms with Crippen LogP contribution in [0.25, 0.3) is 0 Å². The summed E-state index contributed by atoms with van der Waals surface area (Å²) >= 11 is 0. The van der Waals surface area contributed by atoms with Crippen molar-refractivity contribution in [2.45, 2.75) is 53.1 Å². The zero-order valence-corrected chi connectivity index (χ0v) is 12.7. The van der Waals surface area contributed by atoms with Crippen molar-refractivity contribution in [2.24, 2.45) is 5.92 Å². The van der Waals surface area contributed by atoms with Gasteiger partial charge in [-0.2, -0.15) is 4.98 Å². The highest BCUT2D eigenvalue weighted by Crippen LogP contribution is 2.25. The first kappa shape index (κ1) is 15.6. The highest BCUT2D eigenvalue weighted by Gasteiger charge is 2.15. The molecule has 108 valence electrons. The van der Waals surface area contributed by atoms with Crippen LogP contribution >= 0.6 is 0 Å². The number of hydrogen-bond donors (Lipinski definition) is 1. The number of nitrogens with zero attached hydrogens (tertiary/aromatic N) is 1. The molecule has 0 aromatic carbocycles. The number of anilines is 1. The summed E-state index contributed by atoms with van der Waals surface area (Å²) < 4.78 is 11.3. The number of rotatable bonds is 6. The molecule has 2 N–H and O–H groups in total. The van der Waals surface area contributed by atoms with Crippen LogP contribution in [-0.2, 0) is 0 Å². The third-order valence-corrected chi connectivity index (χ3v) is 2.44. The Balaban J connectivity index is 2.58. The Hall–Kier alpha value is -1.45. The van der Waals surface area contributed by atoms with Crippen LogP contribution in [0.1, 0.15) is 47.5 Å². The second kappa shape index (κ2) is 6.64. The van der Waals surface area contributed by atoms with Crippen molar-refractivity contribution >= 4 is 5.69 Å². The molecule has 0 aliphatic rings. The molecule has 0 aliphatic carbocycles. The lowest BCUT2D eigenvalue weighted by Gasteiger charge is -2.21. The van der Waals surface area contributed by atoms with Gasteiger partial charge >= 0.3 is 0 Å². The van der Waals surface area contributed by atoms with Crippen LogP contribution < -0.4 is 15.2 Å². The van der Waals surface area contributed by atoms with Gasteiger partial charge < -0.3 is 15.2 Å². The van der Waals surface area contributed by atoms with Crippen LogP contribution in [0.3, 0.4) is 0 Å². The molecule has 0 amide bonds. The molecule has 1 rings (SSSR count). The molecule has 4 heteroatoms. The molecular formula is C15H26N2O2. The zero-order chi connectivity index (χ0) is 14.5. The average Bonchev–Trinajstić information content (AvgIpc) is 2.26. The summed E-state index contributed by atoms with van der Waals surface area (Å²) in [5.74, 6) is 1.70. The van der Waals surface area contributed by atoms with Crippen molar-refractivity contribution in [3.05, 3.63) is 12.1 Å². The van der Waals surface area contributed by atoms with Crippen molar-refractivity contribution in [1.29, 1.82) is 0 Å². The first-order valence-electron chi connectivity index (χ1n) is 6.86. The number of ether oxygens (including phenoxy) is 2. The Bertz CT molecular complexity index is 398. The topological polar surface area (TPSA) is 57.4 Å². The number of pyridine rings is 1. The summed E-state index contributed by atoms with van der Waals surface area (Å²) in [6, 6.07) is 3.55. The molecule has 0 saturated heterocycles. The lowest BCUT2D eigenvalue weighted by molar-refractivity contribution is 0.123. The molecule has 1 aromatic heterocycles. The standard InChI is InChI=1S/C15H26N2O2/c1-11(2)7-6-10-18-13-9-8-12(16)14(17-13)19-15(3,4)5/h8-9,11H,6-7,10,16H2,1-5H3. The molecular weight excluding hydrogens is 240 g/mol. The Morgan fingerprint density at radius 3 is 2.53 bits per heavy atom. The van der Waals surface area contributed by atoms with Crippen molar-refractivity contribution < 1.29 is 9.47 Å². The van der Waals surface area contributed by atoms with E-state index >= 15 is 0 Å². The Labute approximate surface area is 116 Å². The smallest absolute Gasteiger partial charge is 0.241 e. The fraction of sp³-hybridized carbons (Fsp3) is 0.667. The maximum Gasteiger partial charge on any atom is 0.241 e. The molecule has 0 spiro atoms. The van der Waals surface area contributed by atoms with Gasteiger partial charge in [0, 0.05) is 6.07 Å². The predicted molar refractivity (Wildman–Crippen MR) is 78.6 cm³/mol. The lowest BCUT2D eigenvalue weighted by Crippen LogP contribution is -2.24. The lowest BCUT2D eigenvalue weighted by atomic mass is 10.1. The summed E-state index contributed by atoms with van der Waals surface area (Å²) in [4.78, 5) is 4.30. The second-order valence-electron chi connectivity index (χ2n) is 6.14. The van der Waals surface area contributed by atoms with Gasteiger partial charge in [-0.3, -0.25) is 0 Å². The number of aromatic nitrogens is 1. The Kier molecular flexibility index (Phi) is 5.45. The monoisotopic (exact) mass is 266 g/mol. The van der Waals surface area contributed by atoms with E-state index in [0.29, 0.717) is 30.0 Å². The second-order valence-corrected chi connectivity index (χ2v) is 6.14. The maximum absolute atomic E-state index is 5.85. The molecule has 1 aromatic rings. The Morgan fingerprint density at radius 1 is 1.26 bits per heavy atom. The number of nitrogen functional groups attached to an aromatic ring is 1. The van der Waals surface area contributed by atoms with Gasteiger partial charge in [0.1, 0.15) is 5.60 Å². The van der Waals surface area contributed by atoms with Crippen molar-refractivity contribution in [3.8, 4) is 11.8 Å². The van der Waals surface area contributed by atoms with Crippen LogP contribution in [0.5, 0.6) is 11.8 Å². The van der Waals surface area contributed by atoms with E-state index in [1.54, 1.807) is 12.1 Å². The third-order valence-electron chi connectivity index (χ3n) is 2.44. The number of hydrogen-bond acceptors (Lipinski definition) is 4. The third kappa shape index (κ3) is 6.32. The van der Waals surface area contributed by atoms with E-state index in [-0.39, 0.29) is 5.60 Å². The molecule has 0 fully saturated rings. The molecule has 1 heterocycles. The van der Waals surface area contributed by atoms with E-state index in [9.17, 15) is 0 Å². The molecule has 0 unspecified atom stereocenters. The van der Waals surface area contributed by atoms with Crippen LogP contribution in [0.4, 0.5) is 5.69 Å². The SMILES string of the molecule is CC(C)CCCOc1ccc(N)c(OC(C)(C)C)n1. The van der Waals surface area contributed by atoms with Crippen molar-refractivity contribution in [1.82, 2.24) is 4.98 Å². The summed E-state index contributed by atoms with van der Waals surface area (Å²) in [7, 11) is 0. The van der Waals surface area contributed by atoms with E-state index in [0.717, 1.165) is 12.8 Å². The van der Waals surface area contributed by atoms with Crippen molar-refractivity contribution in [3.63, 3.8) is 0 Å². The van der Waals surface area contributed by atoms with Gasteiger partial charge in [0.15, 0.2) is 0 Å². The minimum Gasteiger partial charge on any atom is -0.478 e. The van der Waals surface area contributed by atoms with Gasteiger partial charge in [-0.25, -0.2) is 0 Å². The first-order valence-corrected chi connectivity index (χ1v) is 6.86. The van der Waals surface area contributed by atoms with Gasteiger partial charge in [-0.05, 0) is 45.6 Å². The normalized spacial score (nSPS) is 11.7. The fourth-order valence-corrected chi connectivity index (χ4v) is 1.55. The minimum atomic E-state index is -0.322. The average molecular weight is 266 g/mol. The first-order chi connectivity index (χ1) is 8.78. The minimum absolute atomic E-state index is 0.322. The van der Waals surface area contributed by atoms with E-state index in [2.05, 4.69) is 18.8 Å². The van der Waals surface area contributed by atoms with Gasteiger partial charge in [-0.1, -0.05) is 13.8 Å². The highest BCUT2D eigenvalue weighted by atomic mass is 16.5. The summed E-state index contributed by atoms with van der Waals surface area (Å²) in [5, 5.41) is 0. The van der Waals surface area contributed by atoms with Gasteiger partial charge in [0.05, 0.1) is 12.3 Å². The molecule has 19 heavy (non-hydrogen) atoms. The van der Waals surface area contributed by atoms with Gasteiger partial charge in [-0.15, -0.1) is 0 Å². The molecule has 4 nitrogen and oxygen atoms in total. The summed E-state index contributed by atoms with van der Waals surface area (Å²) in [5.41, 5.74) is 6.06. The highest BCUT2D eigenvalue weighted by molar-refractivity contribution is 5.49. The zero-order valence-electron chi connectivity index (χ0n) is 12.7. The van der Waals surface area contributed by atoms with Crippen LogP contribution in [0, 0.1) is 5.92 Å². The van der Waals surface area contributed by atoms with E-state index in [4.69, 9.17) is 15.2 Å². The van der Waals surface area contributed by atoms with Crippen LogP contribution in [-0.4, -0.2) is 17.2 Å². The van der Waals surface area contributed by atoms with Crippen LogP contribution in [0.15, 0.2) is 12.1 Å². The molecule has 0 saturated carbocycles. The Morgan fingerprint density at radius 2 is 1.95 bits per heavy atom. The molecule has 0 aliphatic heterocycles. The van der Waals surface area contributed by atoms with Gasteiger partial charge in [0.2, 0.25) is 11.8 Å².